The summed E-state index contributed by atoms with van der Waals surface area (Å²) in [5, 5.41) is 5.36. The SMILES string of the molecule is CCCc1ccc(-c2nn(CC(Cl)c3ccccc3)c3ncnc(N)c23)cc1. The van der Waals surface area contributed by atoms with E-state index >= 15 is 0 Å². The zero-order valence-corrected chi connectivity index (χ0v) is 16.5. The molecule has 6 heteroatoms. The van der Waals surface area contributed by atoms with Crippen molar-refractivity contribution in [1.29, 1.82) is 0 Å². The smallest absolute Gasteiger partial charge is 0.164 e. The maximum absolute atomic E-state index is 6.66. The van der Waals surface area contributed by atoms with Crippen LogP contribution in [0.15, 0.2) is 60.9 Å². The molecule has 0 spiro atoms. The fourth-order valence-electron chi connectivity index (χ4n) is 3.40. The minimum atomic E-state index is -0.222. The van der Waals surface area contributed by atoms with Gasteiger partial charge in [0, 0.05) is 5.56 Å². The number of benzene rings is 2. The van der Waals surface area contributed by atoms with E-state index in [-0.39, 0.29) is 5.38 Å². The summed E-state index contributed by atoms with van der Waals surface area (Å²) in [5.41, 5.74) is 11.0. The quantitative estimate of drug-likeness (QED) is 0.469. The maximum Gasteiger partial charge on any atom is 0.164 e. The Morgan fingerprint density at radius 1 is 1.04 bits per heavy atom. The third-order valence-electron chi connectivity index (χ3n) is 4.82. The molecule has 0 radical (unpaired) electrons. The molecule has 0 saturated heterocycles. The van der Waals surface area contributed by atoms with E-state index < -0.39 is 0 Å². The zero-order valence-electron chi connectivity index (χ0n) is 15.7. The summed E-state index contributed by atoms with van der Waals surface area (Å²) in [7, 11) is 0. The Balaban J connectivity index is 1.75. The summed E-state index contributed by atoms with van der Waals surface area (Å²) in [6.45, 7) is 2.67. The molecule has 1 unspecified atom stereocenters. The van der Waals surface area contributed by atoms with E-state index in [0.717, 1.165) is 35.0 Å². The van der Waals surface area contributed by atoms with Crippen LogP contribution in [0.2, 0.25) is 0 Å². The molecular weight excluding hydrogens is 370 g/mol. The highest BCUT2D eigenvalue weighted by atomic mass is 35.5. The normalized spacial score (nSPS) is 12.4. The summed E-state index contributed by atoms with van der Waals surface area (Å²) >= 11 is 6.66. The van der Waals surface area contributed by atoms with Gasteiger partial charge in [0.1, 0.15) is 17.8 Å². The van der Waals surface area contributed by atoms with Crippen molar-refractivity contribution in [1.82, 2.24) is 19.7 Å². The van der Waals surface area contributed by atoms with Crippen molar-refractivity contribution >= 4 is 28.5 Å². The average Bonchev–Trinajstić information content (AvgIpc) is 3.09. The highest BCUT2D eigenvalue weighted by molar-refractivity contribution is 6.20. The molecule has 0 amide bonds. The fraction of sp³-hybridized carbons (Fsp3) is 0.227. The molecule has 0 bridgehead atoms. The summed E-state index contributed by atoms with van der Waals surface area (Å²) in [4.78, 5) is 8.60. The van der Waals surface area contributed by atoms with Crippen LogP contribution in [0.4, 0.5) is 5.82 Å². The van der Waals surface area contributed by atoms with Gasteiger partial charge in [-0.2, -0.15) is 5.10 Å². The molecule has 0 aliphatic rings. The second-order valence-electron chi connectivity index (χ2n) is 6.81. The van der Waals surface area contributed by atoms with E-state index in [1.807, 2.05) is 35.0 Å². The largest absolute Gasteiger partial charge is 0.383 e. The number of hydrogen-bond acceptors (Lipinski definition) is 4. The van der Waals surface area contributed by atoms with Gasteiger partial charge < -0.3 is 5.73 Å². The van der Waals surface area contributed by atoms with Gasteiger partial charge in [0.25, 0.3) is 0 Å². The number of nitrogens with two attached hydrogens (primary N) is 1. The van der Waals surface area contributed by atoms with Crippen molar-refractivity contribution in [3.05, 3.63) is 72.1 Å². The first-order chi connectivity index (χ1) is 13.7. The molecule has 4 aromatic rings. The fourth-order valence-corrected chi connectivity index (χ4v) is 3.67. The lowest BCUT2D eigenvalue weighted by Crippen LogP contribution is -2.07. The van der Waals surface area contributed by atoms with Crippen LogP contribution in [0.5, 0.6) is 0 Å². The number of nitrogens with zero attached hydrogens (tertiary/aromatic N) is 4. The van der Waals surface area contributed by atoms with Crippen LogP contribution in [0, 0.1) is 0 Å². The number of halogens is 1. The van der Waals surface area contributed by atoms with Crippen molar-refractivity contribution in [2.24, 2.45) is 0 Å². The van der Waals surface area contributed by atoms with Crippen molar-refractivity contribution in [3.8, 4) is 11.3 Å². The van der Waals surface area contributed by atoms with Gasteiger partial charge in [0.2, 0.25) is 0 Å². The number of aryl methyl sites for hydroxylation is 1. The molecule has 28 heavy (non-hydrogen) atoms. The Bertz CT molecular complexity index is 1070. The number of hydrogen-bond donors (Lipinski definition) is 1. The van der Waals surface area contributed by atoms with Gasteiger partial charge in [-0.3, -0.25) is 0 Å². The van der Waals surface area contributed by atoms with Gasteiger partial charge >= 0.3 is 0 Å². The Hall–Kier alpha value is -2.92. The molecule has 0 aliphatic carbocycles. The minimum Gasteiger partial charge on any atom is -0.383 e. The number of fused-ring (bicyclic) bond motifs is 1. The van der Waals surface area contributed by atoms with Gasteiger partial charge in [-0.05, 0) is 17.5 Å². The summed E-state index contributed by atoms with van der Waals surface area (Å²) < 4.78 is 1.83. The molecular formula is C22H22ClN5. The molecule has 0 saturated carbocycles. The van der Waals surface area contributed by atoms with Gasteiger partial charge in [-0.25, -0.2) is 14.6 Å². The third-order valence-corrected chi connectivity index (χ3v) is 5.21. The van der Waals surface area contributed by atoms with Gasteiger partial charge in [0.05, 0.1) is 17.3 Å². The lowest BCUT2D eigenvalue weighted by atomic mass is 10.0. The lowest BCUT2D eigenvalue weighted by molar-refractivity contribution is 0.617. The second kappa shape index (κ2) is 7.98. The van der Waals surface area contributed by atoms with E-state index in [2.05, 4.69) is 41.2 Å². The summed E-state index contributed by atoms with van der Waals surface area (Å²) in [5.74, 6) is 0.426. The first-order valence-electron chi connectivity index (χ1n) is 9.42. The van der Waals surface area contributed by atoms with Crippen molar-refractivity contribution in [3.63, 3.8) is 0 Å². The Morgan fingerprint density at radius 2 is 1.79 bits per heavy atom. The highest BCUT2D eigenvalue weighted by Crippen LogP contribution is 2.32. The van der Waals surface area contributed by atoms with Crippen molar-refractivity contribution < 1.29 is 0 Å². The van der Waals surface area contributed by atoms with Crippen molar-refractivity contribution in [2.45, 2.75) is 31.7 Å². The summed E-state index contributed by atoms with van der Waals surface area (Å²) in [6, 6.07) is 18.4. The molecule has 142 valence electrons. The molecule has 0 aliphatic heterocycles. The van der Waals surface area contributed by atoms with Crippen LogP contribution in [-0.2, 0) is 13.0 Å². The van der Waals surface area contributed by atoms with Crippen LogP contribution in [0.25, 0.3) is 22.3 Å². The monoisotopic (exact) mass is 391 g/mol. The molecule has 0 fully saturated rings. The molecule has 2 aromatic carbocycles. The number of rotatable bonds is 6. The maximum atomic E-state index is 6.66. The predicted molar refractivity (Wildman–Crippen MR) is 114 cm³/mol. The van der Waals surface area contributed by atoms with Crippen LogP contribution in [0.1, 0.15) is 29.8 Å². The topological polar surface area (TPSA) is 69.6 Å². The van der Waals surface area contributed by atoms with Crippen molar-refractivity contribution in [2.75, 3.05) is 5.73 Å². The Morgan fingerprint density at radius 3 is 2.50 bits per heavy atom. The molecule has 2 heterocycles. The average molecular weight is 392 g/mol. The van der Waals surface area contributed by atoms with Gasteiger partial charge in [0.15, 0.2) is 5.65 Å². The third kappa shape index (κ3) is 3.58. The van der Waals surface area contributed by atoms with Crippen LogP contribution in [-0.4, -0.2) is 19.7 Å². The molecule has 5 nitrogen and oxygen atoms in total. The Labute approximate surface area is 169 Å². The minimum absolute atomic E-state index is 0.222. The summed E-state index contributed by atoms with van der Waals surface area (Å²) in [6.07, 6.45) is 3.65. The second-order valence-corrected chi connectivity index (χ2v) is 7.34. The highest BCUT2D eigenvalue weighted by Gasteiger charge is 2.19. The van der Waals surface area contributed by atoms with E-state index in [1.165, 1.54) is 11.9 Å². The number of alkyl halides is 1. The van der Waals surface area contributed by atoms with Crippen LogP contribution < -0.4 is 5.73 Å². The van der Waals surface area contributed by atoms with Crippen LogP contribution in [0.3, 0.4) is 0 Å². The van der Waals surface area contributed by atoms with E-state index in [4.69, 9.17) is 22.4 Å². The zero-order chi connectivity index (χ0) is 19.5. The first kappa shape index (κ1) is 18.4. The number of nitrogen functional groups attached to an aromatic ring is 1. The van der Waals surface area contributed by atoms with E-state index in [1.54, 1.807) is 0 Å². The molecule has 4 rings (SSSR count). The van der Waals surface area contributed by atoms with Gasteiger partial charge in [-0.1, -0.05) is 67.9 Å². The number of aromatic nitrogens is 4. The van der Waals surface area contributed by atoms with Gasteiger partial charge in [-0.15, -0.1) is 11.6 Å². The van der Waals surface area contributed by atoms with Crippen LogP contribution >= 0.6 is 11.6 Å². The lowest BCUT2D eigenvalue weighted by Gasteiger charge is -2.10. The molecule has 1 atom stereocenters. The van der Waals surface area contributed by atoms with E-state index in [9.17, 15) is 0 Å². The molecule has 2 aromatic heterocycles. The molecule has 2 N–H and O–H groups in total. The predicted octanol–water partition coefficient (Wildman–Crippen LogP) is 5.01. The van der Waals surface area contributed by atoms with E-state index in [0.29, 0.717) is 18.0 Å². The first-order valence-corrected chi connectivity index (χ1v) is 9.86. The Kier molecular flexibility index (Phi) is 5.26. The standard InChI is InChI=1S/C22H22ClN5/c1-2-6-15-9-11-17(12-10-15)20-19-21(24)25-14-26-22(19)28(27-20)13-18(23)16-7-4-3-5-8-16/h3-5,7-12,14,18H,2,6,13H2,1H3,(H2,24,25,26). The number of anilines is 1.